The number of hydrogen-bond acceptors (Lipinski definition) is 5. The summed E-state index contributed by atoms with van der Waals surface area (Å²) in [5.74, 6) is -1.20. The maximum atomic E-state index is 12.4. The molecule has 0 aromatic heterocycles. The van der Waals surface area contributed by atoms with Gasteiger partial charge >= 0.3 is 5.97 Å². The van der Waals surface area contributed by atoms with Gasteiger partial charge in [-0.15, -0.1) is 0 Å². The fraction of sp³-hybridized carbons (Fsp3) is 0.150. The van der Waals surface area contributed by atoms with Crippen LogP contribution in [-0.4, -0.2) is 30.7 Å². The van der Waals surface area contributed by atoms with E-state index in [2.05, 4.69) is 21.2 Å². The van der Waals surface area contributed by atoms with Crippen LogP contribution in [0.25, 0.3) is 6.08 Å². The molecule has 0 spiro atoms. The number of anilines is 1. The highest BCUT2D eigenvalue weighted by molar-refractivity contribution is 9.10. The fourth-order valence-electron chi connectivity index (χ4n) is 2.25. The van der Waals surface area contributed by atoms with E-state index in [0.29, 0.717) is 15.7 Å². The Bertz CT molecular complexity index is 962. The lowest BCUT2D eigenvalue weighted by Gasteiger charge is -2.12. The predicted octanol–water partition coefficient (Wildman–Crippen LogP) is 3.78. The number of hydrogen-bond donors (Lipinski definition) is 2. The van der Waals surface area contributed by atoms with Crippen molar-refractivity contribution in [2.24, 2.45) is 0 Å². The average Bonchev–Trinajstić information content (AvgIpc) is 2.66. The van der Waals surface area contributed by atoms with E-state index in [9.17, 15) is 14.9 Å². The highest BCUT2D eigenvalue weighted by atomic mass is 79.9. The second kappa shape index (κ2) is 9.58. The van der Waals surface area contributed by atoms with Crippen molar-refractivity contribution in [3.8, 4) is 17.6 Å². The smallest absolute Gasteiger partial charge is 0.341 e. The summed E-state index contributed by atoms with van der Waals surface area (Å²) < 4.78 is 10.9. The molecule has 0 radical (unpaired) electrons. The fourth-order valence-corrected chi connectivity index (χ4v) is 2.82. The number of ether oxygens (including phenoxy) is 2. The summed E-state index contributed by atoms with van der Waals surface area (Å²) >= 11 is 3.29. The SMILES string of the molecule is COc1cc(C=C(C#N)C(=O)Nc2ccc(C)cc2)cc(Br)c1OCC(=O)O. The Morgan fingerprint density at radius 2 is 1.96 bits per heavy atom. The van der Waals surface area contributed by atoms with Gasteiger partial charge in [-0.3, -0.25) is 4.79 Å². The maximum absolute atomic E-state index is 12.4. The summed E-state index contributed by atoms with van der Waals surface area (Å²) in [5.41, 5.74) is 2.03. The summed E-state index contributed by atoms with van der Waals surface area (Å²) in [5, 5.41) is 20.8. The van der Waals surface area contributed by atoms with Crippen LogP contribution in [0, 0.1) is 18.3 Å². The Labute approximate surface area is 170 Å². The number of methoxy groups -OCH3 is 1. The van der Waals surface area contributed by atoms with Crippen LogP contribution in [0.5, 0.6) is 11.5 Å². The van der Waals surface area contributed by atoms with Gasteiger partial charge in [0.2, 0.25) is 0 Å². The highest BCUT2D eigenvalue weighted by Gasteiger charge is 2.15. The van der Waals surface area contributed by atoms with E-state index in [-0.39, 0.29) is 17.1 Å². The first kappa shape index (κ1) is 21.0. The Morgan fingerprint density at radius 1 is 1.29 bits per heavy atom. The number of nitrogens with one attached hydrogen (secondary N) is 1. The van der Waals surface area contributed by atoms with Crippen molar-refractivity contribution in [1.82, 2.24) is 0 Å². The van der Waals surface area contributed by atoms with Crippen LogP contribution in [0.2, 0.25) is 0 Å². The minimum atomic E-state index is -1.13. The van der Waals surface area contributed by atoms with Gasteiger partial charge in [0, 0.05) is 5.69 Å². The van der Waals surface area contributed by atoms with Gasteiger partial charge in [-0.05, 0) is 58.8 Å². The summed E-state index contributed by atoms with van der Waals surface area (Å²) in [6.45, 7) is 1.40. The van der Waals surface area contributed by atoms with Crippen molar-refractivity contribution in [2.75, 3.05) is 19.0 Å². The van der Waals surface area contributed by atoms with Crippen LogP contribution in [0.3, 0.4) is 0 Å². The number of amides is 1. The molecule has 0 aliphatic carbocycles. The van der Waals surface area contributed by atoms with Crippen molar-refractivity contribution in [1.29, 1.82) is 5.26 Å². The minimum Gasteiger partial charge on any atom is -0.493 e. The van der Waals surface area contributed by atoms with E-state index in [1.54, 1.807) is 24.3 Å². The molecule has 0 aliphatic rings. The van der Waals surface area contributed by atoms with Gasteiger partial charge in [-0.2, -0.15) is 5.26 Å². The normalized spacial score (nSPS) is 10.7. The van der Waals surface area contributed by atoms with Gasteiger partial charge < -0.3 is 19.9 Å². The van der Waals surface area contributed by atoms with Gasteiger partial charge in [0.05, 0.1) is 11.6 Å². The van der Waals surface area contributed by atoms with Crippen LogP contribution in [0.15, 0.2) is 46.4 Å². The number of carboxylic acid groups (broad SMARTS) is 1. The van der Waals surface area contributed by atoms with Crippen molar-refractivity contribution in [2.45, 2.75) is 6.92 Å². The number of carbonyl (C=O) groups is 2. The van der Waals surface area contributed by atoms with Gasteiger partial charge in [0.15, 0.2) is 18.1 Å². The molecular weight excluding hydrogens is 428 g/mol. The number of halogens is 1. The number of carbonyl (C=O) groups excluding carboxylic acids is 1. The number of nitriles is 1. The van der Waals surface area contributed by atoms with E-state index >= 15 is 0 Å². The van der Waals surface area contributed by atoms with Gasteiger partial charge in [0.1, 0.15) is 11.6 Å². The Morgan fingerprint density at radius 3 is 2.54 bits per heavy atom. The molecule has 28 heavy (non-hydrogen) atoms. The van der Waals surface area contributed by atoms with Gasteiger partial charge in [-0.1, -0.05) is 17.7 Å². The molecule has 2 rings (SSSR count). The zero-order valence-corrected chi connectivity index (χ0v) is 16.7. The molecule has 0 atom stereocenters. The standard InChI is InChI=1S/C20H17BrN2O5/c1-12-3-5-15(6-4-12)23-20(26)14(10-22)7-13-8-16(21)19(17(9-13)27-2)28-11-18(24)25/h3-9H,11H2,1-2H3,(H,23,26)(H,24,25). The number of carboxylic acids is 1. The number of nitrogens with zero attached hydrogens (tertiary/aromatic N) is 1. The third-order valence-electron chi connectivity index (χ3n) is 3.58. The zero-order chi connectivity index (χ0) is 20.7. The van der Waals surface area contributed by atoms with Crippen molar-refractivity contribution < 1.29 is 24.2 Å². The van der Waals surface area contributed by atoms with E-state index in [0.717, 1.165) is 5.56 Å². The maximum Gasteiger partial charge on any atom is 0.341 e. The highest BCUT2D eigenvalue weighted by Crippen LogP contribution is 2.37. The van der Waals surface area contributed by atoms with Crippen LogP contribution < -0.4 is 14.8 Å². The van der Waals surface area contributed by atoms with E-state index in [1.165, 1.54) is 13.2 Å². The molecule has 7 nitrogen and oxygen atoms in total. The molecule has 1 amide bonds. The molecule has 0 aliphatic heterocycles. The van der Waals surface area contributed by atoms with E-state index in [1.807, 2.05) is 25.1 Å². The third-order valence-corrected chi connectivity index (χ3v) is 4.17. The van der Waals surface area contributed by atoms with Crippen molar-refractivity contribution in [3.05, 3.63) is 57.6 Å². The summed E-state index contributed by atoms with van der Waals surface area (Å²) in [7, 11) is 1.40. The summed E-state index contributed by atoms with van der Waals surface area (Å²) in [6.07, 6.45) is 1.40. The molecule has 0 bridgehead atoms. The van der Waals surface area contributed by atoms with E-state index < -0.39 is 18.5 Å². The van der Waals surface area contributed by atoms with Crippen LogP contribution >= 0.6 is 15.9 Å². The zero-order valence-electron chi connectivity index (χ0n) is 15.2. The van der Waals surface area contributed by atoms with Crippen LogP contribution in [0.4, 0.5) is 5.69 Å². The molecule has 2 N–H and O–H groups in total. The molecule has 0 heterocycles. The first-order chi connectivity index (χ1) is 13.3. The molecule has 0 saturated heterocycles. The Balaban J connectivity index is 2.28. The van der Waals surface area contributed by atoms with Gasteiger partial charge in [0.25, 0.3) is 5.91 Å². The number of benzene rings is 2. The first-order valence-corrected chi connectivity index (χ1v) is 8.85. The summed E-state index contributed by atoms with van der Waals surface area (Å²) in [4.78, 5) is 23.1. The second-order valence-corrected chi connectivity index (χ2v) is 6.56. The topological polar surface area (TPSA) is 109 Å². The molecular formula is C20H17BrN2O5. The first-order valence-electron chi connectivity index (χ1n) is 8.06. The molecule has 144 valence electrons. The second-order valence-electron chi connectivity index (χ2n) is 5.71. The number of aliphatic carboxylic acids is 1. The largest absolute Gasteiger partial charge is 0.493 e. The van der Waals surface area contributed by atoms with Crippen LogP contribution in [0.1, 0.15) is 11.1 Å². The molecule has 2 aromatic carbocycles. The number of aryl methyl sites for hydroxylation is 1. The van der Waals surface area contributed by atoms with Crippen molar-refractivity contribution >= 4 is 39.6 Å². The lowest BCUT2D eigenvalue weighted by atomic mass is 10.1. The predicted molar refractivity (Wildman–Crippen MR) is 107 cm³/mol. The third kappa shape index (κ3) is 5.59. The lowest BCUT2D eigenvalue weighted by Crippen LogP contribution is -2.13. The molecule has 2 aromatic rings. The summed E-state index contributed by atoms with van der Waals surface area (Å²) in [6, 6.07) is 12.2. The molecule has 8 heteroatoms. The molecule has 0 fully saturated rings. The lowest BCUT2D eigenvalue weighted by molar-refractivity contribution is -0.139. The quantitative estimate of drug-likeness (QED) is 0.496. The Kier molecular flexibility index (Phi) is 7.18. The Hall–Kier alpha value is -3.31. The van der Waals surface area contributed by atoms with Crippen LogP contribution in [-0.2, 0) is 9.59 Å². The number of rotatable bonds is 7. The average molecular weight is 445 g/mol. The van der Waals surface area contributed by atoms with Gasteiger partial charge in [-0.25, -0.2) is 4.79 Å². The van der Waals surface area contributed by atoms with E-state index in [4.69, 9.17) is 14.6 Å². The molecule has 0 saturated carbocycles. The molecule has 0 unspecified atom stereocenters. The minimum absolute atomic E-state index is 0.103. The monoisotopic (exact) mass is 444 g/mol. The van der Waals surface area contributed by atoms with Crippen molar-refractivity contribution in [3.63, 3.8) is 0 Å².